The van der Waals surface area contributed by atoms with Crippen LogP contribution in [0, 0.1) is 17.1 Å². The van der Waals surface area contributed by atoms with Crippen LogP contribution in [0.25, 0.3) is 33.4 Å². The molecule has 5 rings (SSSR count). The number of halogens is 1. The summed E-state index contributed by atoms with van der Waals surface area (Å²) in [6.45, 7) is 4.05. The monoisotopic (exact) mass is 397 g/mol. The van der Waals surface area contributed by atoms with Crippen LogP contribution in [0.15, 0.2) is 60.8 Å². The second kappa shape index (κ2) is 7.62. The molecule has 4 aromatic rings. The first kappa shape index (κ1) is 18.3. The number of H-pyrrole nitrogens is 1. The van der Waals surface area contributed by atoms with Crippen LogP contribution in [0.3, 0.4) is 0 Å². The topological polar surface area (TPSA) is 67.7 Å². The first-order chi connectivity index (χ1) is 14.7. The summed E-state index contributed by atoms with van der Waals surface area (Å²) in [5, 5.41) is 13.5. The third kappa shape index (κ3) is 3.30. The van der Waals surface area contributed by atoms with Gasteiger partial charge in [-0.05, 0) is 53.1 Å². The summed E-state index contributed by atoms with van der Waals surface area (Å²) < 4.78 is 13.7. The summed E-state index contributed by atoms with van der Waals surface area (Å²) in [6.07, 6.45) is 1.72. The lowest BCUT2D eigenvalue weighted by molar-refractivity contribution is 0.589. The Kier molecular flexibility index (Phi) is 4.66. The summed E-state index contributed by atoms with van der Waals surface area (Å²) in [5.41, 5.74) is 5.78. The Morgan fingerprint density at radius 1 is 0.967 bits per heavy atom. The van der Waals surface area contributed by atoms with Gasteiger partial charge < -0.3 is 15.2 Å². The van der Waals surface area contributed by atoms with Crippen molar-refractivity contribution in [3.8, 4) is 28.5 Å². The van der Waals surface area contributed by atoms with E-state index in [4.69, 9.17) is 5.26 Å². The molecular formula is C24H20FN5. The molecule has 1 aliphatic heterocycles. The maximum atomic E-state index is 13.7. The first-order valence-corrected chi connectivity index (χ1v) is 9.97. The molecular weight excluding hydrogens is 377 g/mol. The molecule has 0 bridgehead atoms. The van der Waals surface area contributed by atoms with Gasteiger partial charge in [-0.25, -0.2) is 9.37 Å². The Labute approximate surface area is 173 Å². The lowest BCUT2D eigenvalue weighted by Gasteiger charge is -2.29. The summed E-state index contributed by atoms with van der Waals surface area (Å²) in [6, 6.07) is 19.0. The second-order valence-corrected chi connectivity index (χ2v) is 7.39. The van der Waals surface area contributed by atoms with E-state index in [1.807, 2.05) is 12.1 Å². The number of hydrogen-bond acceptors (Lipinski definition) is 4. The zero-order valence-corrected chi connectivity index (χ0v) is 16.3. The fourth-order valence-electron chi connectivity index (χ4n) is 3.99. The highest BCUT2D eigenvalue weighted by Gasteiger charge is 2.13. The van der Waals surface area contributed by atoms with Crippen molar-refractivity contribution in [2.45, 2.75) is 0 Å². The molecule has 5 nitrogen and oxygen atoms in total. The molecule has 0 spiro atoms. The average Bonchev–Trinajstić information content (AvgIpc) is 3.25. The molecule has 2 aromatic carbocycles. The van der Waals surface area contributed by atoms with Crippen molar-refractivity contribution in [1.29, 1.82) is 5.26 Å². The molecule has 6 heteroatoms. The number of piperazine rings is 1. The molecule has 0 aliphatic carbocycles. The fraction of sp³-hybridized carbons (Fsp3) is 0.167. The van der Waals surface area contributed by atoms with E-state index in [1.165, 1.54) is 11.8 Å². The number of anilines is 1. The molecule has 3 heterocycles. The Hall–Kier alpha value is -3.69. The Morgan fingerprint density at radius 2 is 1.73 bits per heavy atom. The third-order valence-corrected chi connectivity index (χ3v) is 5.59. The van der Waals surface area contributed by atoms with Gasteiger partial charge >= 0.3 is 0 Å². The van der Waals surface area contributed by atoms with Crippen molar-refractivity contribution in [2.75, 3.05) is 31.1 Å². The molecule has 1 aliphatic rings. The number of nitrogens with zero attached hydrogens (tertiary/aromatic N) is 3. The van der Waals surface area contributed by atoms with Crippen molar-refractivity contribution in [2.24, 2.45) is 0 Å². The minimum absolute atomic E-state index is 0.0386. The molecule has 0 amide bonds. The lowest BCUT2D eigenvalue weighted by Crippen LogP contribution is -2.43. The number of aromatic amines is 1. The van der Waals surface area contributed by atoms with E-state index in [-0.39, 0.29) is 5.56 Å². The van der Waals surface area contributed by atoms with Crippen LogP contribution < -0.4 is 10.2 Å². The summed E-state index contributed by atoms with van der Waals surface area (Å²) >= 11 is 0. The second-order valence-electron chi connectivity index (χ2n) is 7.39. The van der Waals surface area contributed by atoms with Gasteiger partial charge in [-0.3, -0.25) is 0 Å². The summed E-state index contributed by atoms with van der Waals surface area (Å²) in [7, 11) is 0. The van der Waals surface area contributed by atoms with E-state index in [0.29, 0.717) is 0 Å². The molecule has 30 heavy (non-hydrogen) atoms. The predicted octanol–water partition coefficient (Wildman–Crippen LogP) is 4.32. The number of benzene rings is 2. The van der Waals surface area contributed by atoms with Crippen molar-refractivity contribution in [3.05, 3.63) is 72.2 Å². The number of fused-ring (bicyclic) bond motifs is 1. The molecule has 2 N–H and O–H groups in total. The predicted molar refractivity (Wildman–Crippen MR) is 117 cm³/mol. The average molecular weight is 397 g/mol. The maximum absolute atomic E-state index is 13.7. The number of nitriles is 1. The van der Waals surface area contributed by atoms with Gasteiger partial charge in [0, 0.05) is 49.1 Å². The van der Waals surface area contributed by atoms with Crippen molar-refractivity contribution in [1.82, 2.24) is 15.3 Å². The van der Waals surface area contributed by atoms with Crippen LogP contribution >= 0.6 is 0 Å². The zero-order chi connectivity index (χ0) is 20.5. The van der Waals surface area contributed by atoms with Gasteiger partial charge in [-0.1, -0.05) is 18.2 Å². The molecule has 2 aromatic heterocycles. The third-order valence-electron chi connectivity index (χ3n) is 5.59. The summed E-state index contributed by atoms with van der Waals surface area (Å²) in [4.78, 5) is 10.2. The fourth-order valence-corrected chi connectivity index (χ4v) is 3.99. The van der Waals surface area contributed by atoms with Crippen molar-refractivity contribution < 1.29 is 4.39 Å². The van der Waals surface area contributed by atoms with Crippen LogP contribution in [0.4, 0.5) is 10.1 Å². The van der Waals surface area contributed by atoms with Crippen LogP contribution in [-0.4, -0.2) is 36.1 Å². The van der Waals surface area contributed by atoms with Crippen molar-refractivity contribution in [3.63, 3.8) is 0 Å². The smallest absolute Gasteiger partial charge is 0.140 e. The number of rotatable bonds is 3. The van der Waals surface area contributed by atoms with Crippen LogP contribution in [0.1, 0.15) is 5.56 Å². The van der Waals surface area contributed by atoms with Crippen LogP contribution in [0.2, 0.25) is 0 Å². The van der Waals surface area contributed by atoms with Gasteiger partial charge in [0.25, 0.3) is 0 Å². The molecule has 0 radical (unpaired) electrons. The number of pyridine rings is 1. The van der Waals surface area contributed by atoms with E-state index in [1.54, 1.807) is 18.3 Å². The Bertz CT molecular complexity index is 1250. The molecule has 0 saturated carbocycles. The molecule has 0 unspecified atom stereocenters. The van der Waals surface area contributed by atoms with Gasteiger partial charge in [0.05, 0.1) is 5.56 Å². The molecule has 148 valence electrons. The molecule has 1 fully saturated rings. The quantitative estimate of drug-likeness (QED) is 0.540. The van der Waals surface area contributed by atoms with Gasteiger partial charge in [-0.2, -0.15) is 5.26 Å². The van der Waals surface area contributed by atoms with E-state index < -0.39 is 5.82 Å². The standard InChI is InChI=1S/C24H20FN5/c25-22-6-3-17(13-18(22)15-26)20-7-8-28-24-21(20)14-23(29-24)16-1-4-19(5-2-16)30-11-9-27-10-12-30/h1-8,13-14,27H,9-12H2,(H,28,29). The minimum atomic E-state index is -0.508. The zero-order valence-electron chi connectivity index (χ0n) is 16.3. The highest BCUT2D eigenvalue weighted by Crippen LogP contribution is 2.32. The number of hydrogen-bond donors (Lipinski definition) is 2. The largest absolute Gasteiger partial charge is 0.369 e. The van der Waals surface area contributed by atoms with Gasteiger partial charge in [0.1, 0.15) is 17.5 Å². The number of nitrogens with one attached hydrogen (secondary N) is 2. The van der Waals surface area contributed by atoms with E-state index in [2.05, 4.69) is 50.5 Å². The van der Waals surface area contributed by atoms with E-state index in [9.17, 15) is 4.39 Å². The molecule has 1 saturated heterocycles. The van der Waals surface area contributed by atoms with Gasteiger partial charge in [0.15, 0.2) is 0 Å². The normalized spacial score (nSPS) is 14.1. The van der Waals surface area contributed by atoms with E-state index in [0.717, 1.165) is 59.6 Å². The Balaban J connectivity index is 1.51. The highest BCUT2D eigenvalue weighted by atomic mass is 19.1. The highest BCUT2D eigenvalue weighted by molar-refractivity contribution is 5.96. The van der Waals surface area contributed by atoms with Crippen LogP contribution in [0.5, 0.6) is 0 Å². The van der Waals surface area contributed by atoms with Crippen molar-refractivity contribution >= 4 is 16.7 Å². The SMILES string of the molecule is N#Cc1cc(-c2ccnc3[nH]c(-c4ccc(N5CCNCC5)cc4)cc23)ccc1F. The van der Waals surface area contributed by atoms with Gasteiger partial charge in [0.2, 0.25) is 0 Å². The first-order valence-electron chi connectivity index (χ1n) is 9.97. The Morgan fingerprint density at radius 3 is 2.50 bits per heavy atom. The molecule has 0 atom stereocenters. The minimum Gasteiger partial charge on any atom is -0.369 e. The van der Waals surface area contributed by atoms with Crippen LogP contribution in [-0.2, 0) is 0 Å². The van der Waals surface area contributed by atoms with Gasteiger partial charge in [-0.15, -0.1) is 0 Å². The number of aromatic nitrogens is 2. The van der Waals surface area contributed by atoms with E-state index >= 15 is 0 Å². The lowest BCUT2D eigenvalue weighted by atomic mass is 10.0. The summed E-state index contributed by atoms with van der Waals surface area (Å²) in [5.74, 6) is -0.508. The maximum Gasteiger partial charge on any atom is 0.140 e.